The maximum Gasteiger partial charge on any atom is 0.279 e. The lowest BCUT2D eigenvalue weighted by Gasteiger charge is -2.15. The Hall–Kier alpha value is -7.48. The van der Waals surface area contributed by atoms with Gasteiger partial charge in [0.05, 0.1) is 21.5 Å². The highest BCUT2D eigenvalue weighted by atomic mass is 19.1. The van der Waals surface area contributed by atoms with Gasteiger partial charge in [0, 0.05) is 45.4 Å². The zero-order valence-corrected chi connectivity index (χ0v) is 26.5. The van der Waals surface area contributed by atoms with Gasteiger partial charge in [-0.2, -0.15) is 9.36 Å². The summed E-state index contributed by atoms with van der Waals surface area (Å²) >= 11 is 0. The maximum absolute atomic E-state index is 15.2. The lowest BCUT2D eigenvalue weighted by Crippen LogP contribution is -2.32. The number of nitrogens with zero attached hydrogens (tertiary/aromatic N) is 6. The number of H-pyrrole nitrogens is 2. The number of aromatic amines is 2. The van der Waals surface area contributed by atoms with Crippen LogP contribution in [-0.2, 0) is 0 Å². The van der Waals surface area contributed by atoms with E-state index in [9.17, 15) is 19.2 Å². The molecule has 0 aliphatic rings. The number of fused-ring (bicyclic) bond motifs is 4. The van der Waals surface area contributed by atoms with Crippen molar-refractivity contribution >= 4 is 43.6 Å². The maximum atomic E-state index is 15.2. The topological polar surface area (TPSA) is 161 Å². The second kappa shape index (κ2) is 11.6. The Balaban J connectivity index is 1.33. The zero-order valence-electron chi connectivity index (χ0n) is 26.5. The summed E-state index contributed by atoms with van der Waals surface area (Å²) in [7, 11) is 0. The van der Waals surface area contributed by atoms with Crippen LogP contribution in [0.5, 0.6) is 0 Å². The summed E-state index contributed by atoms with van der Waals surface area (Å²) in [6.07, 6.45) is 3.00. The second-order valence-electron chi connectivity index (χ2n) is 11.9. The lowest BCUT2D eigenvalue weighted by molar-refractivity contribution is 0.630. The molecule has 2 N–H and O–H groups in total. The Morgan fingerprint density at radius 1 is 0.481 bits per heavy atom. The van der Waals surface area contributed by atoms with Crippen molar-refractivity contribution in [2.75, 3.05) is 0 Å². The molecular formula is C38H20F2N8O4. The summed E-state index contributed by atoms with van der Waals surface area (Å²) in [6.45, 7) is 0. The first-order chi connectivity index (χ1) is 25.3. The number of aromatic nitrogens is 8. The van der Waals surface area contributed by atoms with E-state index in [0.29, 0.717) is 10.8 Å². The first-order valence-electron chi connectivity index (χ1n) is 15.8. The molecule has 12 nitrogen and oxygen atoms in total. The van der Waals surface area contributed by atoms with E-state index in [-0.39, 0.29) is 66.7 Å². The molecule has 0 aliphatic heterocycles. The van der Waals surface area contributed by atoms with E-state index < -0.39 is 33.9 Å². The van der Waals surface area contributed by atoms with E-state index in [1.165, 1.54) is 48.8 Å². The summed E-state index contributed by atoms with van der Waals surface area (Å²) < 4.78 is 32.1. The van der Waals surface area contributed by atoms with Crippen LogP contribution in [0.15, 0.2) is 129 Å². The molecule has 9 aromatic rings. The zero-order chi connectivity index (χ0) is 35.7. The molecule has 0 spiro atoms. The van der Waals surface area contributed by atoms with Crippen LogP contribution in [0.25, 0.3) is 77.5 Å². The highest BCUT2D eigenvalue weighted by Gasteiger charge is 2.22. The molecule has 0 bridgehead atoms. The molecule has 3 aromatic carbocycles. The third-order valence-corrected chi connectivity index (χ3v) is 8.83. The standard InChI is InChI=1S/C38H20F2N8O4/c39-29-11-3-1-9-21(29)23-15-19-7-5-13-41-31(19)43-33(23)47-37(51)27-18-28-26(17-25(27)35(49)45-47)36(50)46-48(38(28)52)34-24(22-10-2-4-12-30(22)40)16-20-8-6-14-42-32(20)44-34/h1-18H,(H,45,49)(H,46,50). The molecule has 0 radical (unpaired) electrons. The molecule has 9 rings (SSSR count). The van der Waals surface area contributed by atoms with Gasteiger partial charge in [0.1, 0.15) is 11.6 Å². The molecule has 14 heteroatoms. The van der Waals surface area contributed by atoms with Gasteiger partial charge in [0.2, 0.25) is 0 Å². The van der Waals surface area contributed by atoms with E-state index in [1.807, 2.05) is 0 Å². The minimum absolute atomic E-state index is 0.111. The van der Waals surface area contributed by atoms with Gasteiger partial charge in [-0.3, -0.25) is 29.4 Å². The van der Waals surface area contributed by atoms with Crippen molar-refractivity contribution in [1.82, 2.24) is 39.5 Å². The van der Waals surface area contributed by atoms with Crippen LogP contribution in [-0.4, -0.2) is 39.5 Å². The molecule has 6 aromatic heterocycles. The summed E-state index contributed by atoms with van der Waals surface area (Å²) in [6, 6.07) is 24.1. The fraction of sp³-hybridized carbons (Fsp3) is 0. The average molecular weight is 691 g/mol. The Kier molecular flexibility index (Phi) is 6.79. The van der Waals surface area contributed by atoms with Gasteiger partial charge < -0.3 is 0 Å². The van der Waals surface area contributed by atoms with Gasteiger partial charge in [0.25, 0.3) is 22.2 Å². The summed E-state index contributed by atoms with van der Waals surface area (Å²) in [5.41, 5.74) is -2.16. The smallest absolute Gasteiger partial charge is 0.267 e. The Morgan fingerprint density at radius 2 is 0.904 bits per heavy atom. The van der Waals surface area contributed by atoms with Crippen molar-refractivity contribution < 1.29 is 8.78 Å². The van der Waals surface area contributed by atoms with Crippen LogP contribution >= 0.6 is 0 Å². The SMILES string of the molecule is O=c1[nH]n(-c2nc3ncccc3cc2-c2ccccc2F)c(=O)c2cc3c(=O)n(-c4nc5ncccc5cc4-c4ccccc4F)[nH]c(=O)c3cc12. The first-order valence-corrected chi connectivity index (χ1v) is 15.8. The molecule has 0 unspecified atom stereocenters. The second-order valence-corrected chi connectivity index (χ2v) is 11.9. The van der Waals surface area contributed by atoms with Crippen LogP contribution in [0.1, 0.15) is 0 Å². The third kappa shape index (κ3) is 4.73. The van der Waals surface area contributed by atoms with Crippen LogP contribution < -0.4 is 22.2 Å². The minimum Gasteiger partial charge on any atom is -0.267 e. The monoisotopic (exact) mass is 690 g/mol. The summed E-state index contributed by atoms with van der Waals surface area (Å²) in [5, 5.41) is 5.30. The van der Waals surface area contributed by atoms with Crippen molar-refractivity contribution in [1.29, 1.82) is 0 Å². The van der Waals surface area contributed by atoms with E-state index in [1.54, 1.807) is 48.5 Å². The normalized spacial score (nSPS) is 11.6. The fourth-order valence-electron chi connectivity index (χ4n) is 6.38. The Bertz CT molecular complexity index is 3010. The third-order valence-electron chi connectivity index (χ3n) is 8.83. The molecule has 52 heavy (non-hydrogen) atoms. The van der Waals surface area contributed by atoms with Gasteiger partial charge >= 0.3 is 0 Å². The molecule has 250 valence electrons. The quantitative estimate of drug-likeness (QED) is 0.239. The van der Waals surface area contributed by atoms with Crippen LogP contribution in [0.2, 0.25) is 0 Å². The van der Waals surface area contributed by atoms with Crippen LogP contribution in [0.3, 0.4) is 0 Å². The van der Waals surface area contributed by atoms with Gasteiger partial charge in [-0.25, -0.2) is 28.7 Å². The van der Waals surface area contributed by atoms with Crippen molar-refractivity contribution in [3.63, 3.8) is 0 Å². The first kappa shape index (κ1) is 30.6. The van der Waals surface area contributed by atoms with E-state index in [4.69, 9.17) is 0 Å². The molecule has 0 fully saturated rings. The van der Waals surface area contributed by atoms with Gasteiger partial charge in [-0.05, 0) is 60.7 Å². The number of halogens is 2. The number of nitrogens with one attached hydrogen (secondary N) is 2. The molecule has 0 atom stereocenters. The minimum atomic E-state index is -0.817. The fourth-order valence-corrected chi connectivity index (χ4v) is 6.38. The largest absolute Gasteiger partial charge is 0.279 e. The lowest BCUT2D eigenvalue weighted by atomic mass is 10.0. The van der Waals surface area contributed by atoms with Crippen molar-refractivity contribution in [3.05, 3.63) is 163 Å². The molecule has 0 saturated heterocycles. The summed E-state index contributed by atoms with van der Waals surface area (Å²) in [4.78, 5) is 73.4. The predicted octanol–water partition coefficient (Wildman–Crippen LogP) is 5.17. The van der Waals surface area contributed by atoms with Crippen molar-refractivity contribution in [2.24, 2.45) is 0 Å². The van der Waals surface area contributed by atoms with E-state index in [0.717, 1.165) is 21.5 Å². The number of hydrogen-bond acceptors (Lipinski definition) is 8. The number of rotatable bonds is 4. The molecule has 0 saturated carbocycles. The number of hydrogen-bond donors (Lipinski definition) is 2. The van der Waals surface area contributed by atoms with Crippen LogP contribution in [0, 0.1) is 11.6 Å². The van der Waals surface area contributed by atoms with Crippen LogP contribution in [0.4, 0.5) is 8.78 Å². The number of benzene rings is 3. The Labute approximate surface area is 287 Å². The number of pyridine rings is 4. The van der Waals surface area contributed by atoms with Crippen molar-refractivity contribution in [3.8, 4) is 33.9 Å². The van der Waals surface area contributed by atoms with Gasteiger partial charge in [0.15, 0.2) is 22.9 Å². The van der Waals surface area contributed by atoms with Gasteiger partial charge in [-0.15, -0.1) is 0 Å². The van der Waals surface area contributed by atoms with E-state index in [2.05, 4.69) is 30.1 Å². The molecule has 0 aliphatic carbocycles. The average Bonchev–Trinajstić information content (AvgIpc) is 3.16. The summed E-state index contributed by atoms with van der Waals surface area (Å²) in [5.74, 6) is -1.43. The Morgan fingerprint density at radius 3 is 1.35 bits per heavy atom. The highest BCUT2D eigenvalue weighted by Crippen LogP contribution is 2.31. The van der Waals surface area contributed by atoms with Crippen molar-refractivity contribution in [2.45, 2.75) is 0 Å². The predicted molar refractivity (Wildman–Crippen MR) is 191 cm³/mol. The van der Waals surface area contributed by atoms with Gasteiger partial charge in [-0.1, -0.05) is 36.4 Å². The molecule has 0 amide bonds. The highest BCUT2D eigenvalue weighted by molar-refractivity contribution is 5.97. The van der Waals surface area contributed by atoms with E-state index >= 15 is 8.78 Å². The molecular weight excluding hydrogens is 670 g/mol. The molecule has 6 heterocycles.